The molecule has 1 aliphatic carbocycles. The summed E-state index contributed by atoms with van der Waals surface area (Å²) < 4.78 is 6.84. The lowest BCUT2D eigenvalue weighted by molar-refractivity contribution is 0.353. The third-order valence-electron chi connectivity index (χ3n) is 11.8. The predicted molar refractivity (Wildman–Crippen MR) is 238 cm³/mol. The molecule has 6 rings (SSSR count). The number of ether oxygens (including phenoxy) is 1. The van der Waals surface area contributed by atoms with Gasteiger partial charge in [0.05, 0.1) is 8.07 Å². The molecule has 0 fully saturated rings. The van der Waals surface area contributed by atoms with Gasteiger partial charge in [-0.2, -0.15) is 0 Å². The van der Waals surface area contributed by atoms with Gasteiger partial charge in [0.1, 0.15) is 12.4 Å². The van der Waals surface area contributed by atoms with Crippen LogP contribution in [0.2, 0.25) is 13.1 Å². The highest BCUT2D eigenvalue weighted by atomic mass is 28.3. The van der Waals surface area contributed by atoms with E-state index in [1.807, 2.05) is 6.08 Å². The zero-order valence-electron chi connectivity index (χ0n) is 35.0. The number of benzene rings is 5. The van der Waals surface area contributed by atoms with Crippen LogP contribution in [-0.4, -0.2) is 14.7 Å². The zero-order valence-corrected chi connectivity index (χ0v) is 36.0. The molecule has 0 N–H and O–H groups in total. The van der Waals surface area contributed by atoms with E-state index in [1.165, 1.54) is 97.6 Å². The van der Waals surface area contributed by atoms with E-state index in [0.717, 1.165) is 18.6 Å². The summed E-state index contributed by atoms with van der Waals surface area (Å²) in [4.78, 5) is 0. The van der Waals surface area contributed by atoms with Gasteiger partial charge in [0, 0.05) is 5.54 Å². The average molecular weight is 733 g/mol. The summed E-state index contributed by atoms with van der Waals surface area (Å²) in [5.41, 5.74) is 16.8. The predicted octanol–water partition coefficient (Wildman–Crippen LogP) is 14.1. The van der Waals surface area contributed by atoms with Crippen molar-refractivity contribution in [2.45, 2.75) is 123 Å². The van der Waals surface area contributed by atoms with Crippen LogP contribution < -0.4 is 9.92 Å². The van der Waals surface area contributed by atoms with Gasteiger partial charge < -0.3 is 4.74 Å². The van der Waals surface area contributed by atoms with E-state index < -0.39 is 8.07 Å². The molecular weight excluding hydrogens is 669 g/mol. The fourth-order valence-corrected chi connectivity index (χ4v) is 12.4. The molecule has 0 saturated heterocycles. The van der Waals surface area contributed by atoms with Crippen LogP contribution >= 0.6 is 0 Å². The van der Waals surface area contributed by atoms with Crippen LogP contribution in [0.15, 0.2) is 110 Å². The number of fused-ring (bicyclic) bond motifs is 3. The van der Waals surface area contributed by atoms with Crippen molar-refractivity contribution in [3.63, 3.8) is 0 Å². The second kappa shape index (κ2) is 15.9. The van der Waals surface area contributed by atoms with Gasteiger partial charge in [0.2, 0.25) is 0 Å². The molecule has 0 atom stereocenters. The molecule has 2 heteroatoms. The quantitative estimate of drug-likeness (QED) is 0.0865. The lowest BCUT2D eigenvalue weighted by Crippen LogP contribution is -2.49. The highest BCUT2D eigenvalue weighted by Crippen LogP contribution is 2.52. The number of aryl methyl sites for hydroxylation is 2. The van der Waals surface area contributed by atoms with Crippen molar-refractivity contribution in [1.29, 1.82) is 0 Å². The first-order chi connectivity index (χ1) is 25.7. The first kappa shape index (κ1) is 39.5. The fraction of sp³-hybridized carbons (Fsp3) is 0.385. The second-order valence-corrected chi connectivity index (χ2v) is 22.8. The summed E-state index contributed by atoms with van der Waals surface area (Å²) in [5, 5.41) is 1.41. The van der Waals surface area contributed by atoms with Gasteiger partial charge in [0.15, 0.2) is 0 Å². The standard InChI is InChI=1S/C52H64OSi/c1-12-15-21-36-23-17-19-25-41(36)38-27-29-43-44-30-28-39(42-26-20-18-24-37(42)22-16-13-2)33-46(44)50(45(43)32-38)54(10,11)48-35-40(51(4,5)6)34-47(52(7,8)9)49(48)53-31-14-3/h14,17-20,23-30,32-35,50H,3,12-13,15-16,21-22,31H2,1-2,4-11H3. The van der Waals surface area contributed by atoms with Crippen LogP contribution in [-0.2, 0) is 23.7 Å². The van der Waals surface area contributed by atoms with Crippen molar-refractivity contribution in [2.75, 3.05) is 6.61 Å². The van der Waals surface area contributed by atoms with Gasteiger partial charge in [-0.05, 0) is 108 Å². The topological polar surface area (TPSA) is 9.23 Å². The molecule has 0 saturated carbocycles. The van der Waals surface area contributed by atoms with E-state index in [2.05, 4.69) is 172 Å². The summed E-state index contributed by atoms with van der Waals surface area (Å²) in [7, 11) is -2.44. The molecule has 282 valence electrons. The first-order valence-corrected chi connectivity index (χ1v) is 23.7. The van der Waals surface area contributed by atoms with Gasteiger partial charge in [-0.25, -0.2) is 0 Å². The maximum atomic E-state index is 6.84. The van der Waals surface area contributed by atoms with Crippen molar-refractivity contribution in [2.24, 2.45) is 0 Å². The molecule has 5 aromatic rings. The Morgan fingerprint density at radius 3 is 1.57 bits per heavy atom. The smallest absolute Gasteiger partial charge is 0.122 e. The molecule has 54 heavy (non-hydrogen) atoms. The third-order valence-corrected chi connectivity index (χ3v) is 15.6. The Labute approximate surface area is 328 Å². The van der Waals surface area contributed by atoms with Crippen LogP contribution in [0.5, 0.6) is 5.75 Å². The Kier molecular flexibility index (Phi) is 11.7. The van der Waals surface area contributed by atoms with Gasteiger partial charge in [-0.15, -0.1) is 0 Å². The molecule has 0 aliphatic heterocycles. The normalized spacial score (nSPS) is 13.1. The summed E-state index contributed by atoms with van der Waals surface area (Å²) in [6, 6.07) is 37.9. The summed E-state index contributed by atoms with van der Waals surface area (Å²) in [6.07, 6.45) is 8.90. The van der Waals surface area contributed by atoms with Crippen molar-refractivity contribution in [3.8, 4) is 39.1 Å². The van der Waals surface area contributed by atoms with E-state index in [4.69, 9.17) is 4.74 Å². The highest BCUT2D eigenvalue weighted by Gasteiger charge is 2.45. The average Bonchev–Trinajstić information content (AvgIpc) is 3.48. The van der Waals surface area contributed by atoms with Crippen LogP contribution in [0.25, 0.3) is 33.4 Å². The van der Waals surface area contributed by atoms with Crippen molar-refractivity contribution in [3.05, 3.63) is 143 Å². The third kappa shape index (κ3) is 7.83. The molecule has 0 unspecified atom stereocenters. The number of hydrogen-bond donors (Lipinski definition) is 0. The Bertz CT molecular complexity index is 2020. The van der Waals surface area contributed by atoms with E-state index >= 15 is 0 Å². The second-order valence-electron chi connectivity index (χ2n) is 18.3. The molecular formula is C52H64OSi. The minimum absolute atomic E-state index is 0.00751. The summed E-state index contributed by atoms with van der Waals surface area (Å²) in [5.74, 6) is 1.07. The van der Waals surface area contributed by atoms with Gasteiger partial charge >= 0.3 is 0 Å². The fourth-order valence-electron chi connectivity index (χ4n) is 8.70. The van der Waals surface area contributed by atoms with Crippen molar-refractivity contribution >= 4 is 13.3 Å². The van der Waals surface area contributed by atoms with E-state index in [-0.39, 0.29) is 16.4 Å². The number of unbranched alkanes of at least 4 members (excludes halogenated alkanes) is 2. The minimum Gasteiger partial charge on any atom is -0.489 e. The largest absolute Gasteiger partial charge is 0.489 e. The molecule has 0 bridgehead atoms. The molecule has 0 spiro atoms. The Morgan fingerprint density at radius 2 is 1.13 bits per heavy atom. The van der Waals surface area contributed by atoms with E-state index in [0.29, 0.717) is 6.61 Å². The van der Waals surface area contributed by atoms with Crippen LogP contribution in [0, 0.1) is 0 Å². The maximum absolute atomic E-state index is 6.84. The molecule has 5 aromatic carbocycles. The molecule has 0 heterocycles. The van der Waals surface area contributed by atoms with Crippen LogP contribution in [0.3, 0.4) is 0 Å². The Morgan fingerprint density at radius 1 is 0.630 bits per heavy atom. The Balaban J connectivity index is 1.64. The lowest BCUT2D eigenvalue weighted by atomic mass is 9.80. The minimum atomic E-state index is -2.44. The van der Waals surface area contributed by atoms with Crippen LogP contribution in [0.1, 0.15) is 120 Å². The van der Waals surface area contributed by atoms with Gasteiger partial charge in [0.25, 0.3) is 0 Å². The van der Waals surface area contributed by atoms with E-state index in [9.17, 15) is 0 Å². The van der Waals surface area contributed by atoms with Crippen LogP contribution in [0.4, 0.5) is 0 Å². The van der Waals surface area contributed by atoms with Gasteiger partial charge in [-0.3, -0.25) is 0 Å². The number of rotatable bonds is 13. The number of hydrogen-bond acceptors (Lipinski definition) is 1. The van der Waals surface area contributed by atoms with Crippen molar-refractivity contribution < 1.29 is 4.74 Å². The monoisotopic (exact) mass is 732 g/mol. The molecule has 1 nitrogen and oxygen atoms in total. The molecule has 1 aliphatic rings. The Hall–Kier alpha value is -4.14. The highest BCUT2D eigenvalue weighted by molar-refractivity contribution is 6.92. The summed E-state index contributed by atoms with van der Waals surface area (Å²) >= 11 is 0. The van der Waals surface area contributed by atoms with Gasteiger partial charge in [-0.1, -0.05) is 191 Å². The summed E-state index contributed by atoms with van der Waals surface area (Å²) in [6.45, 7) is 28.4. The SMILES string of the molecule is C=CCOc1c(C(C)(C)C)cc(C(C)(C)C)cc1[Si](C)(C)C1c2cc(-c3ccccc3CCCC)ccc2-c2ccc(-c3ccccc3CCCC)cc21. The first-order valence-electron chi connectivity index (χ1n) is 20.6. The molecule has 0 aromatic heterocycles. The van der Waals surface area contributed by atoms with E-state index in [1.54, 1.807) is 0 Å². The maximum Gasteiger partial charge on any atom is 0.122 e. The zero-order chi connectivity index (χ0) is 38.8. The lowest BCUT2D eigenvalue weighted by Gasteiger charge is -2.37. The van der Waals surface area contributed by atoms with Crippen molar-refractivity contribution in [1.82, 2.24) is 0 Å². The molecule has 0 amide bonds. The molecule has 0 radical (unpaired) electrons.